The lowest BCUT2D eigenvalue weighted by Gasteiger charge is -2.18. The lowest BCUT2D eigenvalue weighted by Crippen LogP contribution is -2.37. The Hall–Kier alpha value is -2.40. The van der Waals surface area contributed by atoms with E-state index in [1.165, 1.54) is 0 Å². The molecular weight excluding hydrogens is 302 g/mol. The summed E-state index contributed by atoms with van der Waals surface area (Å²) < 4.78 is 5.79. The van der Waals surface area contributed by atoms with Crippen LogP contribution in [0.1, 0.15) is 30.7 Å². The summed E-state index contributed by atoms with van der Waals surface area (Å²) in [5.74, 6) is 0. The van der Waals surface area contributed by atoms with Gasteiger partial charge in [-0.1, -0.05) is 36.4 Å². The standard InChI is InChI=1S/C19H25N3O2/c1-16(17-9-4-3-5-10-17)24-14-8-13-21-19(23)22(2)15-18-11-6-7-12-20-18/h3-7,9-12,16H,8,13-15H2,1-2H3,(H,21,23). The van der Waals surface area contributed by atoms with Crippen molar-refractivity contribution >= 4 is 6.03 Å². The molecule has 1 atom stereocenters. The molecular formula is C19H25N3O2. The Kier molecular flexibility index (Phi) is 7.23. The highest BCUT2D eigenvalue weighted by Crippen LogP contribution is 2.15. The molecule has 1 heterocycles. The van der Waals surface area contributed by atoms with Crippen LogP contribution in [0.5, 0.6) is 0 Å². The molecule has 5 heteroatoms. The zero-order valence-electron chi connectivity index (χ0n) is 14.3. The van der Waals surface area contributed by atoms with Crippen molar-refractivity contribution in [3.05, 3.63) is 66.0 Å². The highest BCUT2D eigenvalue weighted by molar-refractivity contribution is 5.73. The fourth-order valence-electron chi connectivity index (χ4n) is 2.29. The maximum absolute atomic E-state index is 12.0. The molecule has 0 fully saturated rings. The molecule has 0 aliphatic carbocycles. The van der Waals surface area contributed by atoms with Crippen molar-refractivity contribution in [2.75, 3.05) is 20.2 Å². The number of nitrogens with one attached hydrogen (secondary N) is 1. The molecule has 0 radical (unpaired) electrons. The van der Waals surface area contributed by atoms with Gasteiger partial charge in [0.25, 0.3) is 0 Å². The largest absolute Gasteiger partial charge is 0.374 e. The monoisotopic (exact) mass is 327 g/mol. The highest BCUT2D eigenvalue weighted by atomic mass is 16.5. The number of carbonyl (C=O) groups excluding carboxylic acids is 1. The van der Waals surface area contributed by atoms with Crippen molar-refractivity contribution < 1.29 is 9.53 Å². The molecule has 5 nitrogen and oxygen atoms in total. The first-order valence-corrected chi connectivity index (χ1v) is 8.22. The summed E-state index contributed by atoms with van der Waals surface area (Å²) in [6.07, 6.45) is 2.57. The van der Waals surface area contributed by atoms with E-state index in [9.17, 15) is 4.79 Å². The summed E-state index contributed by atoms with van der Waals surface area (Å²) in [6.45, 7) is 3.73. The maximum Gasteiger partial charge on any atom is 0.317 e. The molecule has 1 N–H and O–H groups in total. The Bertz CT molecular complexity index is 605. The lowest BCUT2D eigenvalue weighted by atomic mass is 10.1. The van der Waals surface area contributed by atoms with Crippen molar-refractivity contribution in [3.8, 4) is 0 Å². The number of amides is 2. The second-order valence-electron chi connectivity index (χ2n) is 5.69. The van der Waals surface area contributed by atoms with Crippen molar-refractivity contribution in [1.82, 2.24) is 15.2 Å². The molecule has 1 aromatic carbocycles. The minimum atomic E-state index is -0.100. The summed E-state index contributed by atoms with van der Waals surface area (Å²) in [5.41, 5.74) is 2.03. The van der Waals surface area contributed by atoms with Crippen LogP contribution < -0.4 is 5.32 Å². The molecule has 24 heavy (non-hydrogen) atoms. The number of nitrogens with zero attached hydrogens (tertiary/aromatic N) is 2. The van der Waals surface area contributed by atoms with Crippen LogP contribution in [-0.4, -0.2) is 36.1 Å². The van der Waals surface area contributed by atoms with Gasteiger partial charge in [0, 0.05) is 26.4 Å². The van der Waals surface area contributed by atoms with Crippen LogP contribution in [0.25, 0.3) is 0 Å². The van der Waals surface area contributed by atoms with Gasteiger partial charge in [0.1, 0.15) is 0 Å². The topological polar surface area (TPSA) is 54.5 Å². The molecule has 128 valence electrons. The third-order valence-corrected chi connectivity index (χ3v) is 3.71. The molecule has 1 aromatic heterocycles. The van der Waals surface area contributed by atoms with Crippen molar-refractivity contribution in [3.63, 3.8) is 0 Å². The number of urea groups is 1. The fourth-order valence-corrected chi connectivity index (χ4v) is 2.29. The minimum absolute atomic E-state index is 0.0636. The van der Waals surface area contributed by atoms with Gasteiger partial charge in [0.2, 0.25) is 0 Å². The van der Waals surface area contributed by atoms with E-state index < -0.39 is 0 Å². The fraction of sp³-hybridized carbons (Fsp3) is 0.368. The summed E-state index contributed by atoms with van der Waals surface area (Å²) >= 11 is 0. The van der Waals surface area contributed by atoms with Crippen molar-refractivity contribution in [2.45, 2.75) is 26.0 Å². The first-order chi connectivity index (χ1) is 11.7. The molecule has 0 bridgehead atoms. The Morgan fingerprint density at radius 3 is 2.67 bits per heavy atom. The lowest BCUT2D eigenvalue weighted by molar-refractivity contribution is 0.0642. The van der Waals surface area contributed by atoms with Crippen LogP contribution >= 0.6 is 0 Å². The summed E-state index contributed by atoms with van der Waals surface area (Å²) in [7, 11) is 1.76. The van der Waals surface area contributed by atoms with Crippen LogP contribution in [0.4, 0.5) is 4.79 Å². The zero-order chi connectivity index (χ0) is 17.2. The average molecular weight is 327 g/mol. The minimum Gasteiger partial charge on any atom is -0.374 e. The Labute approximate surface area is 143 Å². The molecule has 0 saturated carbocycles. The predicted octanol–water partition coefficient (Wildman–Crippen LogP) is 3.39. The van der Waals surface area contributed by atoms with Gasteiger partial charge in [-0.15, -0.1) is 0 Å². The van der Waals surface area contributed by atoms with Gasteiger partial charge in [0.15, 0.2) is 0 Å². The Balaban J connectivity index is 1.60. The van der Waals surface area contributed by atoms with Crippen LogP contribution in [0.3, 0.4) is 0 Å². The van der Waals surface area contributed by atoms with Gasteiger partial charge in [-0.05, 0) is 31.0 Å². The maximum atomic E-state index is 12.0. The number of pyridine rings is 1. The van der Waals surface area contributed by atoms with Crippen LogP contribution in [0.15, 0.2) is 54.7 Å². The van der Waals surface area contributed by atoms with Crippen LogP contribution in [0, 0.1) is 0 Å². The third-order valence-electron chi connectivity index (χ3n) is 3.71. The first-order valence-electron chi connectivity index (χ1n) is 8.22. The highest BCUT2D eigenvalue weighted by Gasteiger charge is 2.09. The first kappa shape index (κ1) is 17.9. The number of aromatic nitrogens is 1. The number of benzene rings is 1. The Morgan fingerprint density at radius 1 is 1.21 bits per heavy atom. The molecule has 1 unspecified atom stereocenters. The van der Waals surface area contributed by atoms with Crippen LogP contribution in [0.2, 0.25) is 0 Å². The SMILES string of the molecule is CC(OCCCNC(=O)N(C)Cc1ccccn1)c1ccccc1. The summed E-state index contributed by atoms with van der Waals surface area (Å²) in [4.78, 5) is 17.9. The smallest absolute Gasteiger partial charge is 0.317 e. The van der Waals surface area contributed by atoms with Gasteiger partial charge < -0.3 is 15.0 Å². The van der Waals surface area contributed by atoms with Gasteiger partial charge in [0.05, 0.1) is 18.3 Å². The van der Waals surface area contributed by atoms with Gasteiger partial charge in [-0.25, -0.2) is 4.79 Å². The van der Waals surface area contributed by atoms with E-state index in [1.807, 2.05) is 43.3 Å². The van der Waals surface area contributed by atoms with E-state index in [4.69, 9.17) is 4.74 Å². The van der Waals surface area contributed by atoms with E-state index in [0.717, 1.165) is 17.7 Å². The molecule has 0 saturated heterocycles. The molecule has 2 amide bonds. The van der Waals surface area contributed by atoms with Gasteiger partial charge >= 0.3 is 6.03 Å². The molecule has 0 aliphatic heterocycles. The number of rotatable bonds is 8. The molecule has 0 spiro atoms. The predicted molar refractivity (Wildman–Crippen MR) is 94.5 cm³/mol. The van der Waals surface area contributed by atoms with Crippen molar-refractivity contribution in [1.29, 1.82) is 0 Å². The summed E-state index contributed by atoms with van der Waals surface area (Å²) in [5, 5.41) is 2.90. The van der Waals surface area contributed by atoms with Gasteiger partial charge in [-0.3, -0.25) is 4.98 Å². The number of hydrogen-bond donors (Lipinski definition) is 1. The van der Waals surface area contributed by atoms with E-state index >= 15 is 0 Å². The van der Waals surface area contributed by atoms with E-state index in [-0.39, 0.29) is 12.1 Å². The summed E-state index contributed by atoms with van der Waals surface area (Å²) in [6, 6.07) is 15.7. The second-order valence-corrected chi connectivity index (χ2v) is 5.69. The zero-order valence-corrected chi connectivity index (χ0v) is 14.3. The van der Waals surface area contributed by atoms with Crippen LogP contribution in [-0.2, 0) is 11.3 Å². The molecule has 2 rings (SSSR count). The third kappa shape index (κ3) is 6.01. The normalized spacial score (nSPS) is 11.8. The number of carbonyl (C=O) groups is 1. The van der Waals surface area contributed by atoms with Crippen molar-refractivity contribution in [2.24, 2.45) is 0 Å². The Morgan fingerprint density at radius 2 is 1.96 bits per heavy atom. The molecule has 2 aromatic rings. The number of hydrogen-bond acceptors (Lipinski definition) is 3. The average Bonchev–Trinajstić information content (AvgIpc) is 2.62. The molecule has 0 aliphatic rings. The quantitative estimate of drug-likeness (QED) is 0.756. The van der Waals surface area contributed by atoms with Gasteiger partial charge in [-0.2, -0.15) is 0 Å². The van der Waals surface area contributed by atoms with E-state index in [0.29, 0.717) is 19.7 Å². The number of ether oxygens (including phenoxy) is 1. The van der Waals surface area contributed by atoms with E-state index in [1.54, 1.807) is 18.1 Å². The second kappa shape index (κ2) is 9.67. The van der Waals surface area contributed by atoms with E-state index in [2.05, 4.69) is 22.4 Å².